The first-order valence-corrected chi connectivity index (χ1v) is 13.5. The quantitative estimate of drug-likeness (QED) is 0.470. The average molecular weight is 521 g/mol. The van der Waals surface area contributed by atoms with Gasteiger partial charge in [-0.25, -0.2) is 4.98 Å². The Morgan fingerprint density at radius 3 is 2.76 bits per heavy atom. The molecule has 0 radical (unpaired) electrons. The number of hydrogen-bond donors (Lipinski definition) is 1. The van der Waals surface area contributed by atoms with Crippen molar-refractivity contribution in [3.8, 4) is 0 Å². The Balaban J connectivity index is 1.41. The molecule has 3 aromatic rings. The van der Waals surface area contributed by atoms with Crippen LogP contribution in [0, 0.1) is 6.92 Å². The van der Waals surface area contributed by atoms with E-state index in [2.05, 4.69) is 15.2 Å². The van der Waals surface area contributed by atoms with Gasteiger partial charge in [-0.05, 0) is 76.4 Å². The van der Waals surface area contributed by atoms with Crippen LogP contribution in [0.4, 0.5) is 5.95 Å². The van der Waals surface area contributed by atoms with E-state index in [-0.39, 0.29) is 17.9 Å². The molecule has 5 rings (SSSR count). The number of likely N-dealkylation sites (tertiary alicyclic amines) is 2. The van der Waals surface area contributed by atoms with Crippen LogP contribution in [0.15, 0.2) is 48.7 Å². The Hall–Kier alpha value is -3.23. The summed E-state index contributed by atoms with van der Waals surface area (Å²) < 4.78 is 2.02. The van der Waals surface area contributed by atoms with Crippen molar-refractivity contribution in [1.82, 2.24) is 24.3 Å². The van der Waals surface area contributed by atoms with E-state index in [1.54, 1.807) is 24.4 Å². The summed E-state index contributed by atoms with van der Waals surface area (Å²) in [5.74, 6) is 0.204. The molecule has 0 aliphatic carbocycles. The van der Waals surface area contributed by atoms with Crippen LogP contribution < -0.4 is 5.32 Å². The molecule has 2 saturated heterocycles. The Morgan fingerprint density at radius 2 is 1.95 bits per heavy atom. The van der Waals surface area contributed by atoms with Gasteiger partial charge < -0.3 is 9.47 Å². The van der Waals surface area contributed by atoms with Gasteiger partial charge in [-0.3, -0.25) is 24.8 Å². The number of carbonyl (C=O) groups is 2. The van der Waals surface area contributed by atoms with Gasteiger partial charge in [0, 0.05) is 43.2 Å². The largest absolute Gasteiger partial charge is 0.337 e. The Labute approximate surface area is 222 Å². The van der Waals surface area contributed by atoms with Crippen molar-refractivity contribution in [2.75, 3.05) is 38.0 Å². The van der Waals surface area contributed by atoms with E-state index in [0.717, 1.165) is 50.1 Å². The summed E-state index contributed by atoms with van der Waals surface area (Å²) in [6, 6.07) is 8.94. The number of benzene rings is 1. The fourth-order valence-electron chi connectivity index (χ4n) is 5.31. The number of aromatic nitrogens is 3. The molecule has 2 amide bonds. The number of nitrogens with zero attached hydrogens (tertiary/aromatic N) is 5. The van der Waals surface area contributed by atoms with Crippen molar-refractivity contribution in [3.63, 3.8) is 0 Å². The third kappa shape index (κ3) is 5.86. The predicted octanol–water partition coefficient (Wildman–Crippen LogP) is 4.85. The number of para-hydroxylation sites is 1. The maximum atomic E-state index is 13.1. The summed E-state index contributed by atoms with van der Waals surface area (Å²) in [5.41, 5.74) is 2.76. The maximum Gasteiger partial charge on any atom is 0.258 e. The third-order valence-corrected chi connectivity index (χ3v) is 7.50. The third-order valence-electron chi connectivity index (χ3n) is 7.19. The summed E-state index contributed by atoms with van der Waals surface area (Å²) in [5, 5.41) is 3.57. The zero-order chi connectivity index (χ0) is 25.8. The van der Waals surface area contributed by atoms with Crippen LogP contribution in [0.5, 0.6) is 0 Å². The van der Waals surface area contributed by atoms with Crippen LogP contribution >= 0.6 is 11.6 Å². The summed E-state index contributed by atoms with van der Waals surface area (Å²) >= 11 is 6.66. The summed E-state index contributed by atoms with van der Waals surface area (Å²) in [4.78, 5) is 39.5. The Morgan fingerprint density at radius 1 is 1.14 bits per heavy atom. The lowest BCUT2D eigenvalue weighted by molar-refractivity contribution is -0.126. The first-order valence-electron chi connectivity index (χ1n) is 13.1. The minimum Gasteiger partial charge on any atom is -0.337 e. The first kappa shape index (κ1) is 25.4. The van der Waals surface area contributed by atoms with Gasteiger partial charge in [-0.15, -0.1) is 0 Å². The monoisotopic (exact) mass is 520 g/mol. The molecule has 1 unspecified atom stereocenters. The molecule has 37 heavy (non-hydrogen) atoms. The highest BCUT2D eigenvalue weighted by molar-refractivity contribution is 6.35. The number of rotatable bonds is 6. The zero-order valence-corrected chi connectivity index (χ0v) is 22.0. The van der Waals surface area contributed by atoms with Crippen molar-refractivity contribution in [3.05, 3.63) is 65.0 Å². The number of halogens is 1. The van der Waals surface area contributed by atoms with Gasteiger partial charge in [0.15, 0.2) is 0 Å². The summed E-state index contributed by atoms with van der Waals surface area (Å²) in [6.07, 6.45) is 10.5. The molecule has 2 aliphatic rings. The molecule has 2 aromatic heterocycles. The summed E-state index contributed by atoms with van der Waals surface area (Å²) in [6.45, 7) is 6.11. The van der Waals surface area contributed by atoms with E-state index >= 15 is 0 Å². The molecule has 1 N–H and O–H groups in total. The standard InChI is InChI=1S/C28H33ClN6O2/c1-20-18-21(12-13-30-20)27(37)32-28-31-24-10-6-9-23(29)26(24)35(28)22-8-2-3-17-34(19-22)25(36)11-7-16-33-14-4-5-15-33/h6-7,9-13,18,22H,2-5,8,14-17,19H2,1H3,(H,31,32,37). The number of aryl methyl sites for hydroxylation is 1. The van der Waals surface area contributed by atoms with Crippen molar-refractivity contribution < 1.29 is 9.59 Å². The topological polar surface area (TPSA) is 83.4 Å². The number of nitrogens with one attached hydrogen (secondary N) is 1. The first-order chi connectivity index (χ1) is 18.0. The Bertz CT molecular complexity index is 1310. The average Bonchev–Trinajstić information content (AvgIpc) is 3.46. The van der Waals surface area contributed by atoms with E-state index in [9.17, 15) is 9.59 Å². The molecule has 2 fully saturated rings. The number of fused-ring (bicyclic) bond motifs is 1. The van der Waals surface area contributed by atoms with Crippen molar-refractivity contribution >= 4 is 40.4 Å². The van der Waals surface area contributed by atoms with Gasteiger partial charge in [-0.1, -0.05) is 23.7 Å². The van der Waals surface area contributed by atoms with Gasteiger partial charge in [-0.2, -0.15) is 0 Å². The molecule has 0 bridgehead atoms. The molecule has 8 nitrogen and oxygen atoms in total. The number of carbonyl (C=O) groups excluding carboxylic acids is 2. The van der Waals surface area contributed by atoms with Crippen LogP contribution in [0.1, 0.15) is 54.2 Å². The number of anilines is 1. The number of pyridine rings is 1. The maximum absolute atomic E-state index is 13.1. The second-order valence-electron chi connectivity index (χ2n) is 9.90. The van der Waals surface area contributed by atoms with Crippen molar-refractivity contribution in [2.24, 2.45) is 0 Å². The van der Waals surface area contributed by atoms with Gasteiger partial charge in [0.2, 0.25) is 11.9 Å². The predicted molar refractivity (Wildman–Crippen MR) is 146 cm³/mol. The Kier molecular flexibility index (Phi) is 7.86. The van der Waals surface area contributed by atoms with E-state index < -0.39 is 0 Å². The van der Waals surface area contributed by atoms with Crippen LogP contribution in [-0.2, 0) is 4.79 Å². The number of amides is 2. The molecular weight excluding hydrogens is 488 g/mol. The minimum absolute atomic E-state index is 0.0273. The molecular formula is C28H33ClN6O2. The fourth-order valence-corrected chi connectivity index (χ4v) is 5.58. The van der Waals surface area contributed by atoms with Gasteiger partial charge >= 0.3 is 0 Å². The SMILES string of the molecule is Cc1cc(C(=O)Nc2nc3cccc(Cl)c3n2C2CCCCN(C(=O)C=CCN3CCCC3)C2)ccn1. The highest BCUT2D eigenvalue weighted by Gasteiger charge is 2.27. The normalized spacial score (nSPS) is 19.0. The van der Waals surface area contributed by atoms with Crippen LogP contribution in [-0.4, -0.2) is 68.9 Å². The van der Waals surface area contributed by atoms with Crippen LogP contribution in [0.3, 0.4) is 0 Å². The fraction of sp³-hybridized carbons (Fsp3) is 0.429. The van der Waals surface area contributed by atoms with Gasteiger partial charge in [0.25, 0.3) is 5.91 Å². The molecule has 0 spiro atoms. The van der Waals surface area contributed by atoms with E-state index in [4.69, 9.17) is 16.6 Å². The molecule has 2 aliphatic heterocycles. The molecule has 9 heteroatoms. The van der Waals surface area contributed by atoms with E-state index in [1.165, 1.54) is 12.8 Å². The lowest BCUT2D eigenvalue weighted by Gasteiger charge is -2.26. The van der Waals surface area contributed by atoms with Crippen molar-refractivity contribution in [1.29, 1.82) is 0 Å². The smallest absolute Gasteiger partial charge is 0.258 e. The molecule has 0 saturated carbocycles. The lowest BCUT2D eigenvalue weighted by atomic mass is 10.1. The minimum atomic E-state index is -0.260. The molecule has 194 valence electrons. The van der Waals surface area contributed by atoms with Gasteiger partial charge in [0.05, 0.1) is 22.1 Å². The number of hydrogen-bond acceptors (Lipinski definition) is 5. The molecule has 1 aromatic carbocycles. The van der Waals surface area contributed by atoms with Crippen LogP contribution in [0.2, 0.25) is 5.02 Å². The lowest BCUT2D eigenvalue weighted by Crippen LogP contribution is -2.35. The summed E-state index contributed by atoms with van der Waals surface area (Å²) in [7, 11) is 0. The highest BCUT2D eigenvalue weighted by Crippen LogP contribution is 2.34. The second kappa shape index (κ2) is 11.4. The second-order valence-corrected chi connectivity index (χ2v) is 10.3. The number of imidazole rings is 1. The van der Waals surface area contributed by atoms with E-state index in [0.29, 0.717) is 35.1 Å². The molecule has 4 heterocycles. The van der Waals surface area contributed by atoms with E-state index in [1.807, 2.05) is 40.7 Å². The van der Waals surface area contributed by atoms with Crippen molar-refractivity contribution in [2.45, 2.75) is 45.1 Å². The van der Waals surface area contributed by atoms with Gasteiger partial charge in [0.1, 0.15) is 0 Å². The zero-order valence-electron chi connectivity index (χ0n) is 21.2. The highest BCUT2D eigenvalue weighted by atomic mass is 35.5. The van der Waals surface area contributed by atoms with Crippen LogP contribution in [0.25, 0.3) is 11.0 Å². The molecule has 1 atom stereocenters.